The summed E-state index contributed by atoms with van der Waals surface area (Å²) in [6.45, 7) is 1.54. The van der Waals surface area contributed by atoms with E-state index in [0.717, 1.165) is 13.0 Å². The molecule has 0 atom stereocenters. The van der Waals surface area contributed by atoms with Gasteiger partial charge in [0.2, 0.25) is 0 Å². The summed E-state index contributed by atoms with van der Waals surface area (Å²) in [6.07, 6.45) is 6.78. The topological polar surface area (TPSA) is 43.8 Å². The lowest BCUT2D eigenvalue weighted by Crippen LogP contribution is -2.03. The molecule has 3 heteroatoms. The normalized spacial score (nSPS) is 11.0. The van der Waals surface area contributed by atoms with Crippen molar-refractivity contribution in [3.63, 3.8) is 0 Å². The number of benzene rings is 1. The van der Waals surface area contributed by atoms with Crippen LogP contribution in [0, 0.1) is 0 Å². The molecule has 0 aliphatic heterocycles. The number of hydrogen-bond acceptors (Lipinski definition) is 2. The average molecular weight is 251 g/mol. The molecule has 0 aliphatic carbocycles. The fourth-order valence-electron chi connectivity index (χ4n) is 2.49. The maximum absolute atomic E-state index is 5.67. The van der Waals surface area contributed by atoms with E-state index in [1.807, 2.05) is 12.3 Å². The van der Waals surface area contributed by atoms with E-state index in [1.165, 1.54) is 22.0 Å². The van der Waals surface area contributed by atoms with Gasteiger partial charge in [0, 0.05) is 36.0 Å². The maximum Gasteiger partial charge on any atom is 0.0491 e. The summed E-state index contributed by atoms with van der Waals surface area (Å²) in [4.78, 5) is 4.16. The van der Waals surface area contributed by atoms with Gasteiger partial charge in [-0.1, -0.05) is 18.2 Å². The number of nitrogens with zero attached hydrogens (tertiary/aromatic N) is 2. The van der Waals surface area contributed by atoms with Crippen LogP contribution in [-0.4, -0.2) is 16.1 Å². The number of nitrogens with two attached hydrogens (primary N) is 1. The number of fused-ring (bicyclic) bond motifs is 1. The van der Waals surface area contributed by atoms with Crippen molar-refractivity contribution in [1.82, 2.24) is 9.55 Å². The Labute approximate surface area is 112 Å². The minimum atomic E-state index is 0.687. The van der Waals surface area contributed by atoms with Gasteiger partial charge in [0.1, 0.15) is 0 Å². The highest BCUT2D eigenvalue weighted by Gasteiger charge is 2.05. The largest absolute Gasteiger partial charge is 0.343 e. The van der Waals surface area contributed by atoms with E-state index in [-0.39, 0.29) is 0 Å². The third-order valence-corrected chi connectivity index (χ3v) is 3.39. The standard InChI is InChI=1S/C16H17N3/c17-8-6-14-4-1-5-16-15(14)7-10-19(16)12-13-3-2-9-18-11-13/h1-5,7,9-11H,6,8,12,17H2. The van der Waals surface area contributed by atoms with Crippen molar-refractivity contribution in [3.8, 4) is 0 Å². The molecular weight excluding hydrogens is 234 g/mol. The number of hydrogen-bond donors (Lipinski definition) is 1. The molecule has 1 aromatic carbocycles. The van der Waals surface area contributed by atoms with Crippen LogP contribution in [0.2, 0.25) is 0 Å². The second-order valence-electron chi connectivity index (χ2n) is 4.69. The fraction of sp³-hybridized carbons (Fsp3) is 0.188. The summed E-state index contributed by atoms with van der Waals surface area (Å²) in [7, 11) is 0. The van der Waals surface area contributed by atoms with Gasteiger partial charge < -0.3 is 10.3 Å². The summed E-state index contributed by atoms with van der Waals surface area (Å²) < 4.78 is 2.26. The van der Waals surface area contributed by atoms with E-state index in [4.69, 9.17) is 5.73 Å². The van der Waals surface area contributed by atoms with Gasteiger partial charge in [-0.2, -0.15) is 0 Å². The monoisotopic (exact) mass is 251 g/mol. The van der Waals surface area contributed by atoms with Crippen molar-refractivity contribution in [1.29, 1.82) is 0 Å². The van der Waals surface area contributed by atoms with Crippen LogP contribution < -0.4 is 5.73 Å². The van der Waals surface area contributed by atoms with Gasteiger partial charge in [0.25, 0.3) is 0 Å². The Morgan fingerprint density at radius 1 is 1.11 bits per heavy atom. The number of pyridine rings is 1. The van der Waals surface area contributed by atoms with Crippen molar-refractivity contribution >= 4 is 10.9 Å². The molecule has 96 valence electrons. The fourth-order valence-corrected chi connectivity index (χ4v) is 2.49. The zero-order valence-corrected chi connectivity index (χ0v) is 10.8. The van der Waals surface area contributed by atoms with Gasteiger partial charge in [-0.25, -0.2) is 0 Å². The molecule has 0 spiro atoms. The van der Waals surface area contributed by atoms with Crippen LogP contribution in [0.5, 0.6) is 0 Å². The smallest absolute Gasteiger partial charge is 0.0491 e. The Morgan fingerprint density at radius 3 is 2.84 bits per heavy atom. The molecule has 3 nitrogen and oxygen atoms in total. The van der Waals surface area contributed by atoms with E-state index < -0.39 is 0 Å². The summed E-state index contributed by atoms with van der Waals surface area (Å²) >= 11 is 0. The highest BCUT2D eigenvalue weighted by Crippen LogP contribution is 2.21. The number of aromatic nitrogens is 2. The van der Waals surface area contributed by atoms with Crippen molar-refractivity contribution in [2.45, 2.75) is 13.0 Å². The lowest BCUT2D eigenvalue weighted by molar-refractivity contribution is 0.831. The van der Waals surface area contributed by atoms with Gasteiger partial charge in [0.15, 0.2) is 0 Å². The first-order valence-electron chi connectivity index (χ1n) is 6.54. The highest BCUT2D eigenvalue weighted by atomic mass is 15.0. The van der Waals surface area contributed by atoms with Crippen LogP contribution in [0.25, 0.3) is 10.9 Å². The molecular formula is C16H17N3. The van der Waals surface area contributed by atoms with E-state index in [2.05, 4.69) is 46.1 Å². The van der Waals surface area contributed by atoms with Crippen molar-refractivity contribution in [3.05, 3.63) is 66.1 Å². The lowest BCUT2D eigenvalue weighted by Gasteiger charge is -2.07. The molecule has 2 heterocycles. The third kappa shape index (κ3) is 2.37. The maximum atomic E-state index is 5.67. The van der Waals surface area contributed by atoms with Crippen molar-refractivity contribution in [2.24, 2.45) is 5.73 Å². The average Bonchev–Trinajstić information content (AvgIpc) is 2.85. The predicted molar refractivity (Wildman–Crippen MR) is 78.0 cm³/mol. The molecule has 2 aromatic heterocycles. The Morgan fingerprint density at radius 2 is 2.05 bits per heavy atom. The lowest BCUT2D eigenvalue weighted by atomic mass is 10.1. The van der Waals surface area contributed by atoms with E-state index >= 15 is 0 Å². The molecule has 0 aliphatic rings. The molecule has 3 rings (SSSR count). The van der Waals surface area contributed by atoms with Crippen LogP contribution in [0.15, 0.2) is 55.0 Å². The van der Waals surface area contributed by atoms with Gasteiger partial charge in [-0.15, -0.1) is 0 Å². The summed E-state index contributed by atoms with van der Waals surface area (Å²) in [5, 5.41) is 1.30. The number of rotatable bonds is 4. The molecule has 0 saturated heterocycles. The molecule has 0 unspecified atom stereocenters. The Bertz CT molecular complexity index is 671. The molecule has 0 saturated carbocycles. The molecule has 19 heavy (non-hydrogen) atoms. The Balaban J connectivity index is 1.99. The highest BCUT2D eigenvalue weighted by molar-refractivity contribution is 5.83. The zero-order chi connectivity index (χ0) is 13.1. The van der Waals surface area contributed by atoms with Crippen LogP contribution in [0.4, 0.5) is 0 Å². The summed E-state index contributed by atoms with van der Waals surface area (Å²) in [5.41, 5.74) is 9.46. The van der Waals surface area contributed by atoms with Crippen molar-refractivity contribution < 1.29 is 0 Å². The van der Waals surface area contributed by atoms with E-state index in [0.29, 0.717) is 6.54 Å². The van der Waals surface area contributed by atoms with Gasteiger partial charge >= 0.3 is 0 Å². The Kier molecular flexibility index (Phi) is 3.29. The molecule has 3 aromatic rings. The second kappa shape index (κ2) is 5.24. The van der Waals surface area contributed by atoms with E-state index in [1.54, 1.807) is 6.20 Å². The van der Waals surface area contributed by atoms with Crippen LogP contribution in [0.1, 0.15) is 11.1 Å². The molecule has 0 bridgehead atoms. The Hall–Kier alpha value is -2.13. The van der Waals surface area contributed by atoms with Crippen LogP contribution in [-0.2, 0) is 13.0 Å². The predicted octanol–water partition coefficient (Wildman–Crippen LogP) is 2.59. The minimum absolute atomic E-state index is 0.687. The quantitative estimate of drug-likeness (QED) is 0.774. The SMILES string of the molecule is NCCc1cccc2c1ccn2Cc1cccnc1. The zero-order valence-electron chi connectivity index (χ0n) is 10.8. The van der Waals surface area contributed by atoms with Gasteiger partial charge in [0.05, 0.1) is 0 Å². The van der Waals surface area contributed by atoms with Gasteiger partial charge in [-0.3, -0.25) is 4.98 Å². The first kappa shape index (κ1) is 11.9. The minimum Gasteiger partial charge on any atom is -0.343 e. The van der Waals surface area contributed by atoms with Crippen LogP contribution >= 0.6 is 0 Å². The molecule has 0 fully saturated rings. The van der Waals surface area contributed by atoms with E-state index in [9.17, 15) is 0 Å². The summed E-state index contributed by atoms with van der Waals surface area (Å²) in [6, 6.07) is 12.7. The third-order valence-electron chi connectivity index (χ3n) is 3.39. The molecule has 2 N–H and O–H groups in total. The van der Waals surface area contributed by atoms with Gasteiger partial charge in [-0.05, 0) is 42.3 Å². The first-order valence-corrected chi connectivity index (χ1v) is 6.54. The van der Waals surface area contributed by atoms with Crippen LogP contribution in [0.3, 0.4) is 0 Å². The molecule has 0 amide bonds. The second-order valence-corrected chi connectivity index (χ2v) is 4.69. The molecule has 0 radical (unpaired) electrons. The van der Waals surface area contributed by atoms with Crippen molar-refractivity contribution in [2.75, 3.05) is 6.54 Å². The summed E-state index contributed by atoms with van der Waals surface area (Å²) in [5.74, 6) is 0. The first-order chi connectivity index (χ1) is 9.38.